The van der Waals surface area contributed by atoms with Crippen LogP contribution in [0.1, 0.15) is 23.2 Å². The van der Waals surface area contributed by atoms with Crippen LogP contribution >= 0.6 is 0 Å². The van der Waals surface area contributed by atoms with Gasteiger partial charge in [0.25, 0.3) is 5.91 Å². The lowest BCUT2D eigenvalue weighted by molar-refractivity contribution is -0.117. The highest BCUT2D eigenvalue weighted by atomic mass is 32.2. The number of anilines is 1. The van der Waals surface area contributed by atoms with E-state index in [4.69, 9.17) is 9.47 Å². The number of methoxy groups -OCH3 is 2. The number of sulfonamides is 1. The third kappa shape index (κ3) is 5.45. The number of nitrogens with one attached hydrogen (secondary N) is 2. The van der Waals surface area contributed by atoms with Gasteiger partial charge in [-0.1, -0.05) is 30.8 Å². The Morgan fingerprint density at radius 2 is 1.65 bits per heavy atom. The molecule has 1 aliphatic rings. The van der Waals surface area contributed by atoms with Gasteiger partial charge in [0.2, 0.25) is 15.9 Å². The molecule has 194 valence electrons. The fourth-order valence-corrected chi connectivity index (χ4v) is 6.10. The number of benzene rings is 3. The highest BCUT2D eigenvalue weighted by Crippen LogP contribution is 2.32. The van der Waals surface area contributed by atoms with Gasteiger partial charge >= 0.3 is 0 Å². The number of carbonyl (C=O) groups excluding carboxylic acids is 2. The van der Waals surface area contributed by atoms with E-state index in [-0.39, 0.29) is 35.8 Å². The van der Waals surface area contributed by atoms with Crippen molar-refractivity contribution in [2.24, 2.45) is 0 Å². The van der Waals surface area contributed by atoms with Gasteiger partial charge < -0.3 is 20.1 Å². The van der Waals surface area contributed by atoms with Crippen LogP contribution in [0.15, 0.2) is 72.1 Å². The molecule has 0 aromatic heterocycles. The van der Waals surface area contributed by atoms with Crippen LogP contribution in [-0.4, -0.2) is 57.9 Å². The summed E-state index contributed by atoms with van der Waals surface area (Å²) in [6.07, 6.45) is 2.23. The van der Waals surface area contributed by atoms with Gasteiger partial charge in [-0.05, 0) is 49.2 Å². The Balaban J connectivity index is 1.59. The first-order valence-corrected chi connectivity index (χ1v) is 13.2. The summed E-state index contributed by atoms with van der Waals surface area (Å²) in [6, 6.07) is 14.9. The van der Waals surface area contributed by atoms with Crippen molar-refractivity contribution in [2.75, 3.05) is 32.6 Å². The quantitative estimate of drug-likeness (QED) is 0.437. The number of piperidine rings is 1. The lowest BCUT2D eigenvalue weighted by Crippen LogP contribution is -2.46. The van der Waals surface area contributed by atoms with E-state index in [0.717, 1.165) is 0 Å². The second kappa shape index (κ2) is 11.0. The molecule has 0 bridgehead atoms. The fraction of sp³-hybridized carbons (Fsp3) is 0.259. The van der Waals surface area contributed by atoms with Crippen molar-refractivity contribution >= 4 is 38.3 Å². The number of amides is 2. The average molecular weight is 524 g/mol. The maximum atomic E-state index is 13.6. The molecule has 3 aromatic carbocycles. The minimum atomic E-state index is -3.80. The molecule has 0 aliphatic carbocycles. The van der Waals surface area contributed by atoms with Crippen molar-refractivity contribution in [3.8, 4) is 11.5 Å². The van der Waals surface area contributed by atoms with Crippen molar-refractivity contribution in [3.63, 3.8) is 0 Å². The number of fused-ring (bicyclic) bond motifs is 1. The monoisotopic (exact) mass is 523 g/mol. The third-order valence-corrected chi connectivity index (χ3v) is 8.34. The molecular weight excluding hydrogens is 494 g/mol. The molecule has 1 saturated heterocycles. The Kier molecular flexibility index (Phi) is 7.80. The molecule has 0 unspecified atom stereocenters. The van der Waals surface area contributed by atoms with E-state index in [9.17, 15) is 18.0 Å². The number of hydrogen-bond donors (Lipinski definition) is 2. The van der Waals surface area contributed by atoms with Gasteiger partial charge in [0.05, 0.1) is 19.1 Å². The van der Waals surface area contributed by atoms with Crippen LogP contribution in [-0.2, 0) is 14.8 Å². The molecule has 2 N–H and O–H groups in total. The molecule has 0 atom stereocenters. The van der Waals surface area contributed by atoms with Crippen molar-refractivity contribution in [2.45, 2.75) is 23.8 Å². The topological polar surface area (TPSA) is 114 Å². The molecule has 9 nitrogen and oxygen atoms in total. The van der Waals surface area contributed by atoms with E-state index in [1.807, 2.05) is 0 Å². The Morgan fingerprint density at radius 3 is 2.32 bits per heavy atom. The molecule has 0 spiro atoms. The molecule has 0 radical (unpaired) electrons. The number of nitrogens with zero attached hydrogens (tertiary/aromatic N) is 1. The first-order chi connectivity index (χ1) is 17.8. The zero-order chi connectivity index (χ0) is 26.6. The Bertz CT molecular complexity index is 1450. The van der Waals surface area contributed by atoms with Gasteiger partial charge in [-0.2, -0.15) is 4.31 Å². The lowest BCUT2D eigenvalue weighted by Gasteiger charge is -2.31. The summed E-state index contributed by atoms with van der Waals surface area (Å²) in [7, 11) is -0.795. The Hall–Kier alpha value is -3.89. The van der Waals surface area contributed by atoms with E-state index in [1.165, 1.54) is 24.6 Å². The van der Waals surface area contributed by atoms with Crippen LogP contribution in [0.2, 0.25) is 0 Å². The summed E-state index contributed by atoms with van der Waals surface area (Å²) in [5.41, 5.74) is 0.852. The second-order valence-corrected chi connectivity index (χ2v) is 10.5. The molecule has 2 amide bonds. The standard InChI is InChI=1S/C27H29N3O6S/c1-4-26(31)28-19-13-15-30(16-14-19)37(33,34)25-10-6-7-20-21(25)8-5-9-22(20)29-27(32)18-11-12-23(35-2)24(17-18)36-3/h4-12,17,19H,1,13-16H2,2-3H3,(H,28,31)(H,29,32). The number of hydrogen-bond acceptors (Lipinski definition) is 6. The largest absolute Gasteiger partial charge is 0.493 e. The first-order valence-electron chi connectivity index (χ1n) is 11.8. The summed E-state index contributed by atoms with van der Waals surface area (Å²) in [5, 5.41) is 6.83. The zero-order valence-corrected chi connectivity index (χ0v) is 21.5. The van der Waals surface area contributed by atoms with E-state index >= 15 is 0 Å². The lowest BCUT2D eigenvalue weighted by atomic mass is 10.1. The smallest absolute Gasteiger partial charge is 0.255 e. The number of rotatable bonds is 8. The first kappa shape index (κ1) is 26.2. The van der Waals surface area contributed by atoms with Crippen LogP contribution in [0.25, 0.3) is 10.8 Å². The molecule has 37 heavy (non-hydrogen) atoms. The minimum absolute atomic E-state index is 0.0946. The summed E-state index contributed by atoms with van der Waals surface area (Å²) < 4.78 is 39.1. The van der Waals surface area contributed by atoms with Crippen LogP contribution < -0.4 is 20.1 Å². The SMILES string of the molecule is C=CC(=O)NC1CCN(S(=O)(=O)c2cccc3c(NC(=O)c4ccc(OC)c(OC)c4)cccc23)CC1. The summed E-state index contributed by atoms with van der Waals surface area (Å²) in [5.74, 6) is 0.295. The highest BCUT2D eigenvalue weighted by molar-refractivity contribution is 7.89. The minimum Gasteiger partial charge on any atom is -0.493 e. The molecule has 1 aliphatic heterocycles. The van der Waals surface area contributed by atoms with Gasteiger partial charge in [0.1, 0.15) is 0 Å². The van der Waals surface area contributed by atoms with E-state index in [2.05, 4.69) is 17.2 Å². The number of carbonyl (C=O) groups is 2. The van der Waals surface area contributed by atoms with Crippen LogP contribution in [0.5, 0.6) is 11.5 Å². The molecule has 0 saturated carbocycles. The molecular formula is C27H29N3O6S. The second-order valence-electron chi connectivity index (χ2n) is 8.57. The normalized spacial score (nSPS) is 14.6. The maximum Gasteiger partial charge on any atom is 0.255 e. The molecule has 10 heteroatoms. The van der Waals surface area contributed by atoms with E-state index in [1.54, 1.807) is 54.6 Å². The van der Waals surface area contributed by atoms with Crippen molar-refractivity contribution in [1.29, 1.82) is 0 Å². The van der Waals surface area contributed by atoms with E-state index < -0.39 is 10.0 Å². The summed E-state index contributed by atoms with van der Waals surface area (Å²) in [4.78, 5) is 24.8. The van der Waals surface area contributed by atoms with Crippen molar-refractivity contribution in [3.05, 3.63) is 72.8 Å². The van der Waals surface area contributed by atoms with Gasteiger partial charge in [-0.25, -0.2) is 8.42 Å². The predicted molar refractivity (Wildman–Crippen MR) is 142 cm³/mol. The molecule has 3 aromatic rings. The average Bonchev–Trinajstić information content (AvgIpc) is 2.92. The van der Waals surface area contributed by atoms with Crippen LogP contribution in [0.3, 0.4) is 0 Å². The Morgan fingerprint density at radius 1 is 0.973 bits per heavy atom. The summed E-state index contributed by atoms with van der Waals surface area (Å²) >= 11 is 0. The Labute approximate surface area is 216 Å². The maximum absolute atomic E-state index is 13.6. The van der Waals surface area contributed by atoms with Gasteiger partial charge in [-0.3, -0.25) is 9.59 Å². The number of ether oxygens (including phenoxy) is 2. The fourth-order valence-electron chi connectivity index (χ4n) is 4.43. The molecule has 1 heterocycles. The summed E-state index contributed by atoms with van der Waals surface area (Å²) in [6.45, 7) is 4.03. The third-order valence-electron chi connectivity index (χ3n) is 6.38. The van der Waals surface area contributed by atoms with Crippen LogP contribution in [0, 0.1) is 0 Å². The van der Waals surface area contributed by atoms with Gasteiger partial charge in [0, 0.05) is 41.2 Å². The van der Waals surface area contributed by atoms with E-state index in [0.29, 0.717) is 46.4 Å². The molecule has 1 fully saturated rings. The molecule has 4 rings (SSSR count). The van der Waals surface area contributed by atoms with Crippen molar-refractivity contribution in [1.82, 2.24) is 9.62 Å². The predicted octanol–water partition coefficient (Wildman–Crippen LogP) is 3.56. The highest BCUT2D eigenvalue weighted by Gasteiger charge is 2.31. The zero-order valence-electron chi connectivity index (χ0n) is 20.7. The van der Waals surface area contributed by atoms with Gasteiger partial charge in [0.15, 0.2) is 11.5 Å². The van der Waals surface area contributed by atoms with Gasteiger partial charge in [-0.15, -0.1) is 0 Å². The van der Waals surface area contributed by atoms with Crippen LogP contribution in [0.4, 0.5) is 5.69 Å². The van der Waals surface area contributed by atoms with Crippen molar-refractivity contribution < 1.29 is 27.5 Å².